The van der Waals surface area contributed by atoms with Gasteiger partial charge in [0.2, 0.25) is 0 Å². The Morgan fingerprint density at radius 2 is 0.867 bits per heavy atom. The van der Waals surface area contributed by atoms with Crippen LogP contribution in [0.4, 0.5) is 11.4 Å². The number of ether oxygens (including phenoxy) is 2. The van der Waals surface area contributed by atoms with Gasteiger partial charge in [-0.2, -0.15) is 0 Å². The lowest BCUT2D eigenvalue weighted by Gasteiger charge is -2.11. The first kappa shape index (κ1) is 19.4. The first-order valence-corrected chi connectivity index (χ1v) is 9.76. The summed E-state index contributed by atoms with van der Waals surface area (Å²) in [5.41, 5.74) is 17.3. The van der Waals surface area contributed by atoms with Crippen LogP contribution < -0.4 is 20.9 Å². The third-order valence-corrected chi connectivity index (χ3v) is 4.90. The van der Waals surface area contributed by atoms with Crippen LogP contribution in [0.1, 0.15) is 11.1 Å². The second kappa shape index (κ2) is 8.21. The molecule has 4 aromatic carbocycles. The van der Waals surface area contributed by atoms with Crippen molar-refractivity contribution in [1.29, 1.82) is 0 Å². The second-order valence-corrected chi connectivity index (χ2v) is 7.30. The lowest BCUT2D eigenvalue weighted by Crippen LogP contribution is -1.91. The van der Waals surface area contributed by atoms with Crippen LogP contribution in [0, 0.1) is 13.8 Å². The van der Waals surface area contributed by atoms with Crippen molar-refractivity contribution in [2.24, 2.45) is 0 Å². The Balaban J connectivity index is 1.46. The fourth-order valence-electron chi connectivity index (χ4n) is 3.26. The summed E-state index contributed by atoms with van der Waals surface area (Å²) in [6, 6.07) is 27.3. The van der Waals surface area contributed by atoms with Gasteiger partial charge in [-0.3, -0.25) is 0 Å². The van der Waals surface area contributed by atoms with E-state index in [1.807, 2.05) is 98.8 Å². The van der Waals surface area contributed by atoms with Crippen LogP contribution in [0.3, 0.4) is 0 Å². The van der Waals surface area contributed by atoms with Crippen LogP contribution in [-0.4, -0.2) is 0 Å². The summed E-state index contributed by atoms with van der Waals surface area (Å²) >= 11 is 0. The summed E-state index contributed by atoms with van der Waals surface area (Å²) in [6.07, 6.45) is 0. The third kappa shape index (κ3) is 4.39. The monoisotopic (exact) mass is 396 g/mol. The fraction of sp³-hybridized carbons (Fsp3) is 0.0769. The summed E-state index contributed by atoms with van der Waals surface area (Å²) in [5, 5.41) is 0. The van der Waals surface area contributed by atoms with Crippen LogP contribution in [0.5, 0.6) is 23.0 Å². The molecule has 0 aliphatic heterocycles. The Labute approximate surface area is 176 Å². The molecule has 0 amide bonds. The van der Waals surface area contributed by atoms with Crippen molar-refractivity contribution in [3.63, 3.8) is 0 Å². The van der Waals surface area contributed by atoms with Crippen LogP contribution in [0.25, 0.3) is 11.1 Å². The van der Waals surface area contributed by atoms with E-state index in [9.17, 15) is 0 Å². The predicted molar refractivity (Wildman–Crippen MR) is 123 cm³/mol. The number of aryl methyl sites for hydroxylation is 2. The molecule has 4 nitrogen and oxygen atoms in total. The van der Waals surface area contributed by atoms with Gasteiger partial charge in [-0.25, -0.2) is 0 Å². The smallest absolute Gasteiger partial charge is 0.130 e. The van der Waals surface area contributed by atoms with Crippen LogP contribution >= 0.6 is 0 Å². The Morgan fingerprint density at radius 3 is 1.20 bits per heavy atom. The molecule has 0 unspecified atom stereocenters. The zero-order valence-corrected chi connectivity index (χ0v) is 17.1. The molecule has 150 valence electrons. The summed E-state index contributed by atoms with van der Waals surface area (Å²) in [4.78, 5) is 0. The Kier molecular flexibility index (Phi) is 5.31. The Morgan fingerprint density at radius 1 is 0.500 bits per heavy atom. The molecule has 4 rings (SSSR count). The molecule has 0 saturated heterocycles. The van der Waals surface area contributed by atoms with Gasteiger partial charge in [0.15, 0.2) is 0 Å². The quantitative estimate of drug-likeness (QED) is 0.367. The van der Waals surface area contributed by atoms with E-state index in [-0.39, 0.29) is 0 Å². The molecule has 0 bridgehead atoms. The average molecular weight is 396 g/mol. The van der Waals surface area contributed by atoms with Gasteiger partial charge in [-0.05, 0) is 96.8 Å². The van der Waals surface area contributed by atoms with Crippen LogP contribution in [-0.2, 0) is 0 Å². The van der Waals surface area contributed by atoms with E-state index >= 15 is 0 Å². The highest BCUT2D eigenvalue weighted by Crippen LogP contribution is 2.31. The minimum atomic E-state index is 0.731. The van der Waals surface area contributed by atoms with Crippen molar-refractivity contribution in [3.8, 4) is 34.1 Å². The van der Waals surface area contributed by atoms with E-state index < -0.39 is 0 Å². The number of nitrogen functional groups attached to an aromatic ring is 2. The second-order valence-electron chi connectivity index (χ2n) is 7.30. The molecule has 0 radical (unpaired) electrons. The lowest BCUT2D eigenvalue weighted by molar-refractivity contribution is 0.478. The summed E-state index contributed by atoms with van der Waals surface area (Å²) in [5.74, 6) is 3.17. The van der Waals surface area contributed by atoms with Crippen molar-refractivity contribution < 1.29 is 9.47 Å². The number of hydrogen-bond acceptors (Lipinski definition) is 4. The lowest BCUT2D eigenvalue weighted by atomic mass is 10.1. The predicted octanol–water partition coefficient (Wildman–Crippen LogP) is 6.72. The van der Waals surface area contributed by atoms with E-state index in [0.29, 0.717) is 0 Å². The summed E-state index contributed by atoms with van der Waals surface area (Å²) in [6.45, 7) is 3.96. The molecule has 4 heteroatoms. The minimum absolute atomic E-state index is 0.731. The first-order valence-electron chi connectivity index (χ1n) is 9.76. The maximum Gasteiger partial charge on any atom is 0.130 e. The van der Waals surface area contributed by atoms with E-state index in [1.54, 1.807) is 0 Å². The van der Waals surface area contributed by atoms with Gasteiger partial charge in [0.25, 0.3) is 0 Å². The maximum atomic E-state index is 5.98. The number of hydrogen-bond donors (Lipinski definition) is 2. The normalized spacial score (nSPS) is 10.6. The molecule has 0 aromatic heterocycles. The van der Waals surface area contributed by atoms with Gasteiger partial charge < -0.3 is 20.9 Å². The number of nitrogens with two attached hydrogens (primary N) is 2. The number of benzene rings is 4. The number of anilines is 2. The topological polar surface area (TPSA) is 70.5 Å². The van der Waals surface area contributed by atoms with Gasteiger partial charge in [0.1, 0.15) is 23.0 Å². The van der Waals surface area contributed by atoms with Crippen molar-refractivity contribution in [1.82, 2.24) is 0 Å². The Hall–Kier alpha value is -3.92. The number of rotatable bonds is 5. The highest BCUT2D eigenvalue weighted by molar-refractivity contribution is 5.65. The van der Waals surface area contributed by atoms with Gasteiger partial charge in [0.05, 0.1) is 0 Å². The van der Waals surface area contributed by atoms with Crippen molar-refractivity contribution in [2.75, 3.05) is 11.5 Å². The molecule has 30 heavy (non-hydrogen) atoms. The highest BCUT2D eigenvalue weighted by Gasteiger charge is 2.05. The summed E-state index contributed by atoms with van der Waals surface area (Å²) < 4.78 is 12.0. The molecule has 0 fully saturated rings. The van der Waals surface area contributed by atoms with Crippen molar-refractivity contribution in [3.05, 3.63) is 96.1 Å². The molecular formula is C26H24N2O2. The van der Waals surface area contributed by atoms with E-state index in [1.165, 1.54) is 0 Å². The first-order chi connectivity index (χ1) is 14.5. The molecule has 0 heterocycles. The largest absolute Gasteiger partial charge is 0.457 e. The van der Waals surface area contributed by atoms with E-state index in [4.69, 9.17) is 20.9 Å². The molecule has 0 aliphatic carbocycles. The molecule has 4 aromatic rings. The fourth-order valence-corrected chi connectivity index (χ4v) is 3.26. The zero-order chi connectivity index (χ0) is 21.1. The Bertz CT molecular complexity index is 1070. The molecular weight excluding hydrogens is 372 g/mol. The zero-order valence-electron chi connectivity index (χ0n) is 17.1. The van der Waals surface area contributed by atoms with Gasteiger partial charge >= 0.3 is 0 Å². The summed E-state index contributed by atoms with van der Waals surface area (Å²) in [7, 11) is 0. The van der Waals surface area contributed by atoms with Gasteiger partial charge in [-0.15, -0.1) is 0 Å². The van der Waals surface area contributed by atoms with Crippen LogP contribution in [0.2, 0.25) is 0 Å². The molecule has 0 aliphatic rings. The standard InChI is InChI=1S/C26H24N2O2/c1-17-15-21(27)7-13-25(17)29-23-9-3-19(4-10-23)20-5-11-24(12-6-20)30-26-14-8-22(28)16-18(26)2/h3-16H,27-28H2,1-2H3. The van der Waals surface area contributed by atoms with Gasteiger partial charge in [-0.1, -0.05) is 24.3 Å². The highest BCUT2D eigenvalue weighted by atomic mass is 16.5. The molecule has 4 N–H and O–H groups in total. The average Bonchev–Trinajstić information content (AvgIpc) is 2.73. The minimum Gasteiger partial charge on any atom is -0.457 e. The molecule has 0 saturated carbocycles. The molecule has 0 spiro atoms. The van der Waals surface area contributed by atoms with Crippen molar-refractivity contribution >= 4 is 11.4 Å². The third-order valence-electron chi connectivity index (χ3n) is 4.90. The molecule has 0 atom stereocenters. The van der Waals surface area contributed by atoms with Crippen LogP contribution in [0.15, 0.2) is 84.9 Å². The maximum absolute atomic E-state index is 5.98. The van der Waals surface area contributed by atoms with E-state index in [2.05, 4.69) is 0 Å². The van der Waals surface area contributed by atoms with Crippen molar-refractivity contribution in [2.45, 2.75) is 13.8 Å². The van der Waals surface area contributed by atoms with E-state index in [0.717, 1.165) is 56.6 Å². The SMILES string of the molecule is Cc1cc(N)ccc1Oc1ccc(-c2ccc(Oc3ccc(N)cc3C)cc2)cc1. The van der Waals surface area contributed by atoms with Gasteiger partial charge in [0, 0.05) is 11.4 Å².